The van der Waals surface area contributed by atoms with E-state index in [0.717, 1.165) is 44.9 Å². The third-order valence-corrected chi connectivity index (χ3v) is 11.6. The molecule has 1 aromatic carbocycles. The average molecular weight is 765 g/mol. The van der Waals surface area contributed by atoms with Crippen molar-refractivity contribution < 1.29 is 38.3 Å². The summed E-state index contributed by atoms with van der Waals surface area (Å²) in [5, 5.41) is 10.7. The van der Waals surface area contributed by atoms with Gasteiger partial charge in [-0.25, -0.2) is 4.79 Å². The fourth-order valence-electron chi connectivity index (χ4n) is 8.37. The number of carbonyl (C=O) groups excluding carboxylic acids is 7. The van der Waals surface area contributed by atoms with Gasteiger partial charge in [-0.1, -0.05) is 70.4 Å². The highest BCUT2D eigenvalue weighted by atomic mass is 16.6. The van der Waals surface area contributed by atoms with E-state index in [0.29, 0.717) is 12.1 Å². The molecule has 0 bridgehead atoms. The molecule has 3 saturated carbocycles. The number of nitrogens with zero attached hydrogens (tertiary/aromatic N) is 2. The fraction of sp³-hybridized carbons (Fsp3) is 0.683. The van der Waals surface area contributed by atoms with Crippen molar-refractivity contribution in [2.45, 2.75) is 123 Å². The van der Waals surface area contributed by atoms with Crippen molar-refractivity contribution in [3.63, 3.8) is 0 Å². The molecule has 302 valence electrons. The van der Waals surface area contributed by atoms with Crippen LogP contribution in [0.3, 0.4) is 0 Å². The lowest BCUT2D eigenvalue weighted by Gasteiger charge is -2.37. The Kier molecular flexibility index (Phi) is 12.4. The van der Waals surface area contributed by atoms with Gasteiger partial charge in [0.2, 0.25) is 29.4 Å². The maximum atomic E-state index is 14.5. The Balaban J connectivity index is 1.31. The van der Waals surface area contributed by atoms with Crippen molar-refractivity contribution in [1.82, 2.24) is 31.1 Å². The highest BCUT2D eigenvalue weighted by molar-refractivity contribution is 6.38. The third kappa shape index (κ3) is 10.2. The van der Waals surface area contributed by atoms with Gasteiger partial charge in [-0.3, -0.25) is 28.8 Å². The van der Waals surface area contributed by atoms with Gasteiger partial charge in [0.25, 0.3) is 5.91 Å². The van der Waals surface area contributed by atoms with Crippen molar-refractivity contribution in [1.29, 1.82) is 0 Å². The van der Waals surface area contributed by atoms with Crippen LogP contribution in [0.25, 0.3) is 0 Å². The highest BCUT2D eigenvalue weighted by Crippen LogP contribution is 2.64. The van der Waals surface area contributed by atoms with Gasteiger partial charge in [-0.15, -0.1) is 0 Å². The number of hydrogen-bond donors (Lipinski definition) is 4. The van der Waals surface area contributed by atoms with Crippen LogP contribution in [0.2, 0.25) is 0 Å². The maximum absolute atomic E-state index is 14.5. The molecule has 6 amide bonds. The van der Waals surface area contributed by atoms with Crippen molar-refractivity contribution in [2.24, 2.45) is 28.6 Å². The van der Waals surface area contributed by atoms with E-state index in [4.69, 9.17) is 4.74 Å². The lowest BCUT2D eigenvalue weighted by molar-refractivity contribution is -0.145. The van der Waals surface area contributed by atoms with Crippen LogP contribution in [0.1, 0.15) is 105 Å². The van der Waals surface area contributed by atoms with Crippen molar-refractivity contribution >= 4 is 41.4 Å². The van der Waals surface area contributed by atoms with Gasteiger partial charge in [0.05, 0.1) is 12.6 Å². The number of rotatable bonds is 13. The molecule has 14 heteroatoms. The molecule has 1 unspecified atom stereocenters. The summed E-state index contributed by atoms with van der Waals surface area (Å²) in [7, 11) is 3.14. The molecular weight excluding hydrogens is 704 g/mol. The molecule has 0 radical (unpaired) electrons. The molecule has 0 aromatic heterocycles. The summed E-state index contributed by atoms with van der Waals surface area (Å²) in [6.45, 7) is 10.5. The van der Waals surface area contributed by atoms with E-state index in [1.54, 1.807) is 70.1 Å². The Bertz CT molecular complexity index is 1640. The number of ether oxygens (including phenoxy) is 1. The zero-order chi connectivity index (χ0) is 40.5. The predicted molar refractivity (Wildman–Crippen MR) is 204 cm³/mol. The topological polar surface area (TPSA) is 183 Å². The lowest BCUT2D eigenvalue weighted by Crippen LogP contribution is -2.60. The smallest absolute Gasteiger partial charge is 0.408 e. The number of likely N-dealkylation sites (tertiary alicyclic amines) is 1. The summed E-state index contributed by atoms with van der Waals surface area (Å²) >= 11 is 0. The van der Waals surface area contributed by atoms with Crippen LogP contribution >= 0.6 is 0 Å². The second-order valence-corrected chi connectivity index (χ2v) is 18.5. The molecule has 4 aliphatic rings. The fourth-order valence-corrected chi connectivity index (χ4v) is 8.37. The van der Waals surface area contributed by atoms with Gasteiger partial charge in [-0.2, -0.15) is 0 Å². The van der Waals surface area contributed by atoms with Gasteiger partial charge in [0.15, 0.2) is 0 Å². The normalized spacial score (nSPS) is 23.0. The van der Waals surface area contributed by atoms with Crippen LogP contribution in [-0.4, -0.2) is 102 Å². The number of amides is 6. The Morgan fingerprint density at radius 1 is 0.909 bits per heavy atom. The summed E-state index contributed by atoms with van der Waals surface area (Å²) in [4.78, 5) is 97.8. The Hall–Kier alpha value is -4.49. The molecule has 14 nitrogen and oxygen atoms in total. The molecule has 5 rings (SSSR count). The summed E-state index contributed by atoms with van der Waals surface area (Å²) < 4.78 is 5.49. The second-order valence-electron chi connectivity index (χ2n) is 18.5. The van der Waals surface area contributed by atoms with Crippen LogP contribution in [0.4, 0.5) is 4.79 Å². The standard InChI is InChI=1S/C41H60N6O8/c1-39(2,3)33(45-38(54)55-40(4,5)6)37(53)47-23-26-20-41(17-18-41)21-27(26)31(47)34(50)43-28(19-24-13-12-14-24)32(49)35(51)42-22-29(48)44-30(36(52)46(7)8)25-15-10-9-11-16-25/h9-11,15-16,24,26-28,30-31,33H,12-14,17-23H2,1-8H3,(H,42,51)(H,43,50)(H,44,48)(H,45,54)/t26?,27-,28+,30-,31-,33+/m0/s1. The molecule has 4 fully saturated rings. The van der Waals surface area contributed by atoms with Crippen LogP contribution in [0, 0.1) is 28.6 Å². The summed E-state index contributed by atoms with van der Waals surface area (Å²) in [5.41, 5.74) is -0.765. The van der Waals surface area contributed by atoms with E-state index in [-0.39, 0.29) is 35.5 Å². The highest BCUT2D eigenvalue weighted by Gasteiger charge is 2.61. The average Bonchev–Trinajstić information content (AvgIpc) is 3.62. The first-order valence-electron chi connectivity index (χ1n) is 19.7. The summed E-state index contributed by atoms with van der Waals surface area (Å²) in [5.74, 6) is -3.75. The summed E-state index contributed by atoms with van der Waals surface area (Å²) in [6, 6.07) is 4.65. The first kappa shape index (κ1) is 41.7. The van der Waals surface area contributed by atoms with Crippen molar-refractivity contribution in [3.8, 4) is 0 Å². The Labute approximate surface area is 324 Å². The quantitative estimate of drug-likeness (QED) is 0.221. The number of likely N-dealkylation sites (N-methyl/N-ethyl adjacent to an activating group) is 1. The number of hydrogen-bond acceptors (Lipinski definition) is 8. The van der Waals surface area contributed by atoms with Crippen LogP contribution in [0.5, 0.6) is 0 Å². The van der Waals surface area contributed by atoms with Crippen LogP contribution in [-0.2, 0) is 33.5 Å². The molecular formula is C41H60N6O8. The number of ketones is 1. The van der Waals surface area contributed by atoms with E-state index in [1.165, 1.54) is 4.90 Å². The Morgan fingerprint density at radius 2 is 1.56 bits per heavy atom. The third-order valence-electron chi connectivity index (χ3n) is 11.6. The first-order chi connectivity index (χ1) is 25.7. The molecule has 1 saturated heterocycles. The zero-order valence-corrected chi connectivity index (χ0v) is 33.7. The van der Waals surface area contributed by atoms with Gasteiger partial charge >= 0.3 is 6.09 Å². The van der Waals surface area contributed by atoms with E-state index < -0.39 is 77.2 Å². The first-order valence-corrected chi connectivity index (χ1v) is 19.7. The molecule has 4 N–H and O–H groups in total. The molecule has 1 aliphatic heterocycles. The van der Waals surface area contributed by atoms with Gasteiger partial charge in [0, 0.05) is 20.6 Å². The maximum Gasteiger partial charge on any atom is 0.408 e. The largest absolute Gasteiger partial charge is 0.444 e. The minimum atomic E-state index is -1.17. The monoisotopic (exact) mass is 764 g/mol. The number of alkyl carbamates (subject to hydrolysis) is 1. The molecule has 6 atom stereocenters. The number of nitrogens with one attached hydrogen (secondary N) is 4. The van der Waals surface area contributed by atoms with Gasteiger partial charge < -0.3 is 35.8 Å². The van der Waals surface area contributed by atoms with Crippen LogP contribution in [0.15, 0.2) is 30.3 Å². The minimum absolute atomic E-state index is 0.0889. The van der Waals surface area contributed by atoms with Gasteiger partial charge in [0.1, 0.15) is 23.7 Å². The predicted octanol–water partition coefficient (Wildman–Crippen LogP) is 3.25. The number of fused-ring (bicyclic) bond motifs is 1. The molecule has 1 heterocycles. The second kappa shape index (κ2) is 16.3. The van der Waals surface area contributed by atoms with E-state index >= 15 is 0 Å². The SMILES string of the molecule is CN(C)C(=O)[C@@H](NC(=O)CNC(=O)C(=O)[C@@H](CC1CCC1)NC(=O)[C@@H]1[C@H]2CC3(CC3)CC2CN1C(=O)[C@@H](NC(=O)OC(C)(C)C)C(C)(C)C)c1ccccc1. The molecule has 55 heavy (non-hydrogen) atoms. The number of carbonyl (C=O) groups is 7. The number of benzene rings is 1. The van der Waals surface area contributed by atoms with E-state index in [1.807, 2.05) is 20.8 Å². The lowest BCUT2D eigenvalue weighted by atomic mass is 9.80. The van der Waals surface area contributed by atoms with E-state index in [2.05, 4.69) is 21.3 Å². The zero-order valence-electron chi connectivity index (χ0n) is 33.7. The number of Topliss-reactive ketones (excluding diaryl/α,β-unsaturated/α-hetero) is 1. The molecule has 1 aromatic rings. The molecule has 1 spiro atoms. The van der Waals surface area contributed by atoms with E-state index in [9.17, 15) is 33.6 Å². The van der Waals surface area contributed by atoms with Crippen molar-refractivity contribution in [3.05, 3.63) is 35.9 Å². The van der Waals surface area contributed by atoms with Gasteiger partial charge in [-0.05, 0) is 87.0 Å². The minimum Gasteiger partial charge on any atom is -0.444 e. The molecule has 3 aliphatic carbocycles. The summed E-state index contributed by atoms with van der Waals surface area (Å²) in [6.07, 6.45) is 6.07. The van der Waals surface area contributed by atoms with Crippen molar-refractivity contribution in [2.75, 3.05) is 27.2 Å². The van der Waals surface area contributed by atoms with Crippen LogP contribution < -0.4 is 21.3 Å². The Morgan fingerprint density at radius 3 is 2.11 bits per heavy atom.